The monoisotopic (exact) mass is 363 g/mol. The molecule has 1 amide bonds. The second-order valence-electron chi connectivity index (χ2n) is 5.56. The number of piperidine rings is 1. The van der Waals surface area contributed by atoms with Crippen molar-refractivity contribution in [2.24, 2.45) is 0 Å². The molecule has 1 aliphatic rings. The molecule has 1 saturated heterocycles. The summed E-state index contributed by atoms with van der Waals surface area (Å²) in [6, 6.07) is 13.2. The topological polar surface area (TPSA) is 47.3 Å². The molecular formula is C18H18KN3OS. The maximum atomic E-state index is 12.2. The largest absolute Gasteiger partial charge is 1.00 e. The van der Waals surface area contributed by atoms with Crippen LogP contribution >= 0.6 is 12.2 Å². The molecule has 1 aliphatic heterocycles. The van der Waals surface area contributed by atoms with E-state index in [0.29, 0.717) is 10.7 Å². The number of hydrogen-bond donors (Lipinski definition) is 0. The first-order valence-corrected chi connectivity index (χ1v) is 8.18. The Hall–Kier alpha value is -0.634. The van der Waals surface area contributed by atoms with Crippen molar-refractivity contribution < 1.29 is 56.2 Å². The summed E-state index contributed by atoms with van der Waals surface area (Å²) in [6.07, 6.45) is 6.83. The second kappa shape index (κ2) is 9.75. The average molecular weight is 364 g/mol. The Morgan fingerprint density at radius 1 is 1.17 bits per heavy atom. The number of hydrogen-bond acceptors (Lipinski definition) is 3. The Morgan fingerprint density at radius 2 is 1.96 bits per heavy atom. The maximum absolute atomic E-state index is 12.2. The van der Waals surface area contributed by atoms with Gasteiger partial charge in [-0.2, -0.15) is 0 Å². The predicted molar refractivity (Wildman–Crippen MR) is 94.3 cm³/mol. The molecule has 1 aromatic carbocycles. The van der Waals surface area contributed by atoms with Crippen LogP contribution in [0.25, 0.3) is 5.32 Å². The molecule has 0 bridgehead atoms. The Bertz CT molecular complexity index is 681. The third-order valence-corrected chi connectivity index (χ3v) is 4.36. The SMILES string of the molecule is O=C([N-]C(=S)N1CCCCC1c1cccnc1)c1ccccc1.[K+]. The van der Waals surface area contributed by atoms with E-state index in [1.165, 1.54) is 0 Å². The van der Waals surface area contributed by atoms with Crippen molar-refractivity contribution in [3.63, 3.8) is 0 Å². The fourth-order valence-corrected chi connectivity index (χ4v) is 3.18. The van der Waals surface area contributed by atoms with E-state index in [9.17, 15) is 4.79 Å². The summed E-state index contributed by atoms with van der Waals surface area (Å²) in [7, 11) is 0. The molecule has 2 aromatic rings. The molecule has 4 nitrogen and oxygen atoms in total. The minimum Gasteiger partial charge on any atom is -0.452 e. The van der Waals surface area contributed by atoms with E-state index in [4.69, 9.17) is 12.2 Å². The number of nitrogens with zero attached hydrogens (tertiary/aromatic N) is 3. The maximum Gasteiger partial charge on any atom is 1.00 e. The van der Waals surface area contributed by atoms with Gasteiger partial charge in [0.25, 0.3) is 0 Å². The van der Waals surface area contributed by atoms with Crippen molar-refractivity contribution in [3.8, 4) is 0 Å². The van der Waals surface area contributed by atoms with Gasteiger partial charge in [-0.05, 0) is 30.6 Å². The van der Waals surface area contributed by atoms with E-state index < -0.39 is 0 Å². The van der Waals surface area contributed by atoms with Gasteiger partial charge in [-0.3, -0.25) is 9.78 Å². The van der Waals surface area contributed by atoms with Crippen LogP contribution in [0.2, 0.25) is 0 Å². The van der Waals surface area contributed by atoms with E-state index in [-0.39, 0.29) is 63.3 Å². The van der Waals surface area contributed by atoms with Crippen LogP contribution < -0.4 is 51.4 Å². The number of rotatable bonds is 2. The van der Waals surface area contributed by atoms with E-state index in [2.05, 4.69) is 21.3 Å². The van der Waals surface area contributed by atoms with Crippen LogP contribution in [0.1, 0.15) is 41.2 Å². The van der Waals surface area contributed by atoms with Gasteiger partial charge in [0.1, 0.15) is 0 Å². The van der Waals surface area contributed by atoms with E-state index in [0.717, 1.165) is 31.4 Å². The molecule has 3 rings (SSSR count). The number of amides is 1. The van der Waals surface area contributed by atoms with E-state index in [1.54, 1.807) is 18.3 Å². The molecule has 2 heterocycles. The summed E-state index contributed by atoms with van der Waals surface area (Å²) in [5, 5.41) is 4.51. The normalized spacial score (nSPS) is 16.8. The van der Waals surface area contributed by atoms with Crippen molar-refractivity contribution in [1.29, 1.82) is 0 Å². The van der Waals surface area contributed by atoms with Gasteiger partial charge in [0.15, 0.2) is 5.91 Å². The molecule has 1 unspecified atom stereocenters. The number of pyridine rings is 1. The molecule has 24 heavy (non-hydrogen) atoms. The first-order chi connectivity index (χ1) is 11.3. The summed E-state index contributed by atoms with van der Waals surface area (Å²) in [5.41, 5.74) is 1.68. The molecule has 0 radical (unpaired) electrons. The molecule has 1 atom stereocenters. The van der Waals surface area contributed by atoms with Crippen molar-refractivity contribution in [3.05, 3.63) is 71.3 Å². The molecule has 0 N–H and O–H groups in total. The summed E-state index contributed by atoms with van der Waals surface area (Å²) in [6.45, 7) is 0.823. The van der Waals surface area contributed by atoms with Gasteiger partial charge in [0.05, 0.1) is 0 Å². The molecule has 0 saturated carbocycles. The van der Waals surface area contributed by atoms with Gasteiger partial charge in [0, 0.05) is 23.1 Å². The van der Waals surface area contributed by atoms with Crippen molar-refractivity contribution in [2.75, 3.05) is 6.54 Å². The first-order valence-electron chi connectivity index (χ1n) is 7.77. The van der Waals surface area contributed by atoms with Crippen molar-refractivity contribution in [1.82, 2.24) is 9.88 Å². The zero-order valence-electron chi connectivity index (χ0n) is 13.8. The molecule has 1 aromatic heterocycles. The fourth-order valence-electron chi connectivity index (χ4n) is 2.88. The molecule has 0 aliphatic carbocycles. The Morgan fingerprint density at radius 3 is 2.67 bits per heavy atom. The average Bonchev–Trinajstić information content (AvgIpc) is 2.63. The number of carbonyl (C=O) groups excluding carboxylic acids is 1. The molecular weight excluding hydrogens is 345 g/mol. The number of benzene rings is 1. The van der Waals surface area contributed by atoms with Crippen LogP contribution in [0.3, 0.4) is 0 Å². The third-order valence-electron chi connectivity index (χ3n) is 4.04. The van der Waals surface area contributed by atoms with Crippen LogP contribution in [-0.2, 0) is 0 Å². The summed E-state index contributed by atoms with van der Waals surface area (Å²) in [4.78, 5) is 18.5. The zero-order valence-corrected chi connectivity index (χ0v) is 17.7. The quantitative estimate of drug-likeness (QED) is 0.592. The molecule has 0 spiro atoms. The zero-order chi connectivity index (χ0) is 16.1. The smallest absolute Gasteiger partial charge is 0.452 e. The minimum absolute atomic E-state index is 0. The molecule has 6 heteroatoms. The van der Waals surface area contributed by atoms with Crippen LogP contribution in [0.15, 0.2) is 54.9 Å². The van der Waals surface area contributed by atoms with Gasteiger partial charge in [0.2, 0.25) is 0 Å². The fraction of sp³-hybridized carbons (Fsp3) is 0.278. The Balaban J connectivity index is 0.00000208. The van der Waals surface area contributed by atoms with Gasteiger partial charge in [-0.25, -0.2) is 0 Å². The number of carbonyl (C=O) groups is 1. The standard InChI is InChI=1S/C18H19N3OS.K/c22-17(14-7-2-1-3-8-14)20-18(23)21-12-5-4-10-16(21)15-9-6-11-19-13-15;/h1-3,6-9,11,13,16H,4-5,10,12H2,(H,20,22,23);/q;+1/p-1. The number of aromatic nitrogens is 1. The predicted octanol–water partition coefficient (Wildman–Crippen LogP) is 1.11. The number of likely N-dealkylation sites (tertiary alicyclic amines) is 1. The van der Waals surface area contributed by atoms with Crippen LogP contribution in [0.5, 0.6) is 0 Å². The third kappa shape index (κ3) is 4.94. The number of thiocarbonyl (C=S) groups is 1. The molecule has 1 fully saturated rings. The van der Waals surface area contributed by atoms with Crippen LogP contribution in [0.4, 0.5) is 0 Å². The van der Waals surface area contributed by atoms with Crippen molar-refractivity contribution in [2.45, 2.75) is 25.3 Å². The first kappa shape index (κ1) is 19.7. The minimum atomic E-state index is -0.286. The van der Waals surface area contributed by atoms with Crippen LogP contribution in [0, 0.1) is 0 Å². The van der Waals surface area contributed by atoms with Gasteiger partial charge in [-0.1, -0.05) is 61.5 Å². The summed E-state index contributed by atoms with van der Waals surface area (Å²) in [5.74, 6) is -0.286. The Kier molecular flexibility index (Phi) is 8.00. The summed E-state index contributed by atoms with van der Waals surface area (Å²) >= 11 is 5.45. The van der Waals surface area contributed by atoms with E-state index >= 15 is 0 Å². The van der Waals surface area contributed by atoms with Gasteiger partial charge in [-0.15, -0.1) is 0 Å². The Labute approximate surface area is 190 Å². The summed E-state index contributed by atoms with van der Waals surface area (Å²) < 4.78 is 0. The van der Waals surface area contributed by atoms with Crippen molar-refractivity contribution >= 4 is 23.2 Å². The van der Waals surface area contributed by atoms with Crippen LogP contribution in [-0.4, -0.2) is 27.4 Å². The molecule has 118 valence electrons. The van der Waals surface area contributed by atoms with Gasteiger partial charge >= 0.3 is 51.4 Å². The second-order valence-corrected chi connectivity index (χ2v) is 5.92. The van der Waals surface area contributed by atoms with E-state index in [1.807, 2.05) is 30.5 Å². The van der Waals surface area contributed by atoms with Gasteiger partial charge < -0.3 is 10.2 Å².